The average Bonchev–Trinajstić information content (AvgIpc) is 3.06. The number of carbonyl (C=O) groups is 1. The summed E-state index contributed by atoms with van der Waals surface area (Å²) in [5, 5.41) is 3.58. The van der Waals surface area contributed by atoms with Gasteiger partial charge in [-0.2, -0.15) is 0 Å². The Kier molecular flexibility index (Phi) is 4.94. The van der Waals surface area contributed by atoms with Crippen molar-refractivity contribution in [2.24, 2.45) is 0 Å². The van der Waals surface area contributed by atoms with Crippen LogP contribution < -0.4 is 5.32 Å². The minimum Gasteiger partial charge on any atom is -0.351 e. The minimum atomic E-state index is -2.97. The number of likely N-dealkylation sites (tertiary alicyclic amines) is 1. The second-order valence-electron chi connectivity index (χ2n) is 6.32. The molecule has 3 rings (SSSR count). The Bertz CT molecular complexity index is 692. The molecule has 1 N–H and O–H groups in total. The van der Waals surface area contributed by atoms with Crippen LogP contribution in [0.4, 0.5) is 0 Å². The monoisotopic (exact) mass is 356 g/mol. The van der Waals surface area contributed by atoms with Crippen LogP contribution in [0.25, 0.3) is 0 Å². The molecule has 7 heteroatoms. The number of nitrogens with one attached hydrogen (secondary N) is 1. The predicted octanol–water partition coefficient (Wildman–Crippen LogP) is 1.78. The quantitative estimate of drug-likeness (QED) is 0.893. The van der Waals surface area contributed by atoms with E-state index in [1.54, 1.807) is 0 Å². The van der Waals surface area contributed by atoms with Crippen molar-refractivity contribution in [1.29, 1.82) is 0 Å². The van der Waals surface area contributed by atoms with Gasteiger partial charge in [-0.25, -0.2) is 8.42 Å². The van der Waals surface area contributed by atoms with Crippen LogP contribution in [0, 0.1) is 0 Å². The number of hydrogen-bond donors (Lipinski definition) is 1. The fourth-order valence-corrected chi connectivity index (χ4v) is 5.41. The molecule has 2 saturated heterocycles. The zero-order valence-corrected chi connectivity index (χ0v) is 14.4. The molecule has 126 valence electrons. The highest BCUT2D eigenvalue weighted by molar-refractivity contribution is 7.91. The fraction of sp³-hybridized carbons (Fsp3) is 0.562. The Morgan fingerprint density at radius 1 is 1.30 bits per heavy atom. The highest BCUT2D eigenvalue weighted by atomic mass is 35.5. The summed E-state index contributed by atoms with van der Waals surface area (Å²) in [6, 6.07) is 7.65. The van der Waals surface area contributed by atoms with E-state index in [1.807, 2.05) is 24.3 Å². The predicted molar refractivity (Wildman–Crippen MR) is 90.2 cm³/mol. The van der Waals surface area contributed by atoms with E-state index in [-0.39, 0.29) is 36.0 Å². The van der Waals surface area contributed by atoms with E-state index in [2.05, 4.69) is 10.2 Å². The van der Waals surface area contributed by atoms with Crippen molar-refractivity contribution in [3.8, 4) is 0 Å². The third-order valence-corrected chi connectivity index (χ3v) is 6.68. The molecule has 1 aromatic rings. The lowest BCUT2D eigenvalue weighted by Crippen LogP contribution is -2.42. The number of sulfone groups is 1. The lowest BCUT2D eigenvalue weighted by atomic mass is 10.0. The number of nitrogens with zero attached hydrogens (tertiary/aromatic N) is 1. The van der Waals surface area contributed by atoms with Gasteiger partial charge >= 0.3 is 0 Å². The number of rotatable bonds is 4. The van der Waals surface area contributed by atoms with E-state index < -0.39 is 9.84 Å². The van der Waals surface area contributed by atoms with E-state index in [0.29, 0.717) is 6.42 Å². The van der Waals surface area contributed by atoms with Crippen LogP contribution in [0.2, 0.25) is 5.02 Å². The molecule has 23 heavy (non-hydrogen) atoms. The molecule has 1 aromatic carbocycles. The second kappa shape index (κ2) is 6.79. The van der Waals surface area contributed by atoms with Gasteiger partial charge in [0.1, 0.15) is 0 Å². The van der Waals surface area contributed by atoms with Gasteiger partial charge in [0.05, 0.1) is 18.1 Å². The molecule has 0 aromatic heterocycles. The van der Waals surface area contributed by atoms with Gasteiger partial charge in [-0.05, 0) is 37.4 Å². The molecule has 2 heterocycles. The van der Waals surface area contributed by atoms with Crippen molar-refractivity contribution in [1.82, 2.24) is 10.2 Å². The maximum absolute atomic E-state index is 12.2. The van der Waals surface area contributed by atoms with Gasteiger partial charge in [0.25, 0.3) is 0 Å². The highest BCUT2D eigenvalue weighted by Gasteiger charge is 2.32. The summed E-state index contributed by atoms with van der Waals surface area (Å²) in [6.45, 7) is 1.14. The molecule has 2 fully saturated rings. The molecule has 0 spiro atoms. The smallest absolute Gasteiger partial charge is 0.234 e. The first kappa shape index (κ1) is 16.7. The van der Waals surface area contributed by atoms with Crippen molar-refractivity contribution in [3.63, 3.8) is 0 Å². The largest absolute Gasteiger partial charge is 0.351 e. The molecule has 0 saturated carbocycles. The molecule has 2 aliphatic heterocycles. The zero-order valence-electron chi connectivity index (χ0n) is 12.9. The van der Waals surface area contributed by atoms with Crippen molar-refractivity contribution in [3.05, 3.63) is 34.9 Å². The van der Waals surface area contributed by atoms with E-state index in [4.69, 9.17) is 11.6 Å². The van der Waals surface area contributed by atoms with Crippen LogP contribution in [0.5, 0.6) is 0 Å². The van der Waals surface area contributed by atoms with E-state index in [1.165, 1.54) is 0 Å². The first-order valence-electron chi connectivity index (χ1n) is 7.93. The summed E-state index contributed by atoms with van der Waals surface area (Å²) >= 11 is 6.28. The summed E-state index contributed by atoms with van der Waals surface area (Å²) in [7, 11) is -2.97. The van der Waals surface area contributed by atoms with Crippen molar-refractivity contribution >= 4 is 27.3 Å². The number of amides is 1. The summed E-state index contributed by atoms with van der Waals surface area (Å²) in [5.41, 5.74) is 1.06. The van der Waals surface area contributed by atoms with Gasteiger partial charge in [-0.1, -0.05) is 29.8 Å². The summed E-state index contributed by atoms with van der Waals surface area (Å²) < 4.78 is 22.9. The lowest BCUT2D eigenvalue weighted by Gasteiger charge is -2.25. The van der Waals surface area contributed by atoms with Gasteiger partial charge in [0, 0.05) is 17.1 Å². The molecular formula is C16H21ClN2O3S. The maximum Gasteiger partial charge on any atom is 0.234 e. The molecule has 5 nitrogen and oxygen atoms in total. The minimum absolute atomic E-state index is 0.0622. The summed E-state index contributed by atoms with van der Waals surface area (Å²) in [6.07, 6.45) is 2.53. The third-order valence-electron chi connectivity index (χ3n) is 4.57. The average molecular weight is 357 g/mol. The van der Waals surface area contributed by atoms with E-state index in [9.17, 15) is 13.2 Å². The molecule has 0 radical (unpaired) electrons. The Hall–Kier alpha value is -1.11. The topological polar surface area (TPSA) is 66.5 Å². The first-order chi connectivity index (χ1) is 10.9. The summed E-state index contributed by atoms with van der Waals surface area (Å²) in [5.74, 6) is 0.127. The number of carbonyl (C=O) groups excluding carboxylic acids is 1. The number of hydrogen-bond acceptors (Lipinski definition) is 4. The number of benzene rings is 1. The van der Waals surface area contributed by atoms with Crippen LogP contribution in [0.1, 0.15) is 30.9 Å². The Balaban J connectivity index is 1.61. The number of halogens is 1. The summed E-state index contributed by atoms with van der Waals surface area (Å²) in [4.78, 5) is 14.4. The van der Waals surface area contributed by atoms with Gasteiger partial charge in [-0.3, -0.25) is 9.69 Å². The Labute approximate surface area is 141 Å². The van der Waals surface area contributed by atoms with Crippen LogP contribution in [-0.4, -0.2) is 49.9 Å². The maximum atomic E-state index is 12.2. The third kappa shape index (κ3) is 4.05. The van der Waals surface area contributed by atoms with Crippen LogP contribution in [0.3, 0.4) is 0 Å². The van der Waals surface area contributed by atoms with Gasteiger partial charge in [-0.15, -0.1) is 0 Å². The molecule has 2 aliphatic rings. The lowest BCUT2D eigenvalue weighted by molar-refractivity contribution is -0.123. The van der Waals surface area contributed by atoms with Crippen LogP contribution >= 0.6 is 11.6 Å². The highest BCUT2D eigenvalue weighted by Crippen LogP contribution is 2.35. The van der Waals surface area contributed by atoms with Crippen LogP contribution in [0.15, 0.2) is 24.3 Å². The molecular weight excluding hydrogens is 336 g/mol. The Morgan fingerprint density at radius 3 is 2.78 bits per heavy atom. The van der Waals surface area contributed by atoms with E-state index in [0.717, 1.165) is 30.0 Å². The van der Waals surface area contributed by atoms with Gasteiger partial charge < -0.3 is 5.32 Å². The SMILES string of the molecule is O=C(CN1CCC[C@H]1c1ccccc1Cl)N[C@@H]1CCS(=O)(=O)C1. The second-order valence-corrected chi connectivity index (χ2v) is 8.95. The van der Waals surface area contributed by atoms with E-state index >= 15 is 0 Å². The molecule has 0 aliphatic carbocycles. The van der Waals surface area contributed by atoms with Crippen molar-refractivity contribution in [2.45, 2.75) is 31.3 Å². The fourth-order valence-electron chi connectivity index (χ4n) is 3.48. The van der Waals surface area contributed by atoms with Gasteiger partial charge in [0.2, 0.25) is 5.91 Å². The molecule has 0 bridgehead atoms. The molecule has 2 atom stereocenters. The standard InChI is InChI=1S/C16H21ClN2O3S/c17-14-5-2-1-4-13(14)15-6-3-8-19(15)10-16(20)18-12-7-9-23(21,22)11-12/h1-2,4-5,12,15H,3,6-11H2,(H,18,20)/t12-,15+/m1/s1. The van der Waals surface area contributed by atoms with Crippen molar-refractivity contribution in [2.75, 3.05) is 24.6 Å². The Morgan fingerprint density at radius 2 is 2.09 bits per heavy atom. The van der Waals surface area contributed by atoms with Crippen LogP contribution in [-0.2, 0) is 14.6 Å². The normalized spacial score (nSPS) is 27.2. The zero-order chi connectivity index (χ0) is 16.4. The van der Waals surface area contributed by atoms with Crippen molar-refractivity contribution < 1.29 is 13.2 Å². The molecule has 1 amide bonds. The van der Waals surface area contributed by atoms with Gasteiger partial charge in [0.15, 0.2) is 9.84 Å². The first-order valence-corrected chi connectivity index (χ1v) is 10.1. The molecule has 0 unspecified atom stereocenters.